The molecule has 8 nitrogen and oxygen atoms in total. The van der Waals surface area contributed by atoms with Crippen LogP contribution in [0.2, 0.25) is 0 Å². The van der Waals surface area contributed by atoms with Crippen LogP contribution in [0.1, 0.15) is 65.2 Å². The van der Waals surface area contributed by atoms with Gasteiger partial charge in [0.1, 0.15) is 12.1 Å². The van der Waals surface area contributed by atoms with Gasteiger partial charge in [0.15, 0.2) is 6.61 Å². The molecular formula is C20H31N3O5. The highest BCUT2D eigenvalue weighted by Gasteiger charge is 2.55. The third-order valence-electron chi connectivity index (χ3n) is 6.61. The zero-order chi connectivity index (χ0) is 20.3. The van der Waals surface area contributed by atoms with Gasteiger partial charge in [-0.1, -0.05) is 39.5 Å². The molecule has 4 amide bonds. The maximum absolute atomic E-state index is 12.8. The Balaban J connectivity index is 1.48. The Morgan fingerprint density at radius 2 is 1.86 bits per heavy atom. The zero-order valence-electron chi connectivity index (χ0n) is 16.8. The second-order valence-electron chi connectivity index (χ2n) is 8.54. The first kappa shape index (κ1) is 20.6. The number of esters is 1. The number of amides is 4. The number of nitrogens with one attached hydrogen (secondary N) is 2. The Kier molecular flexibility index (Phi) is 6.25. The van der Waals surface area contributed by atoms with E-state index in [4.69, 9.17) is 4.74 Å². The summed E-state index contributed by atoms with van der Waals surface area (Å²) in [5, 5.41) is 5.71. The molecule has 1 spiro atoms. The molecule has 156 valence electrons. The Hall–Kier alpha value is -2.12. The van der Waals surface area contributed by atoms with Gasteiger partial charge in [-0.3, -0.25) is 19.3 Å². The number of ether oxygens (including phenoxy) is 1. The summed E-state index contributed by atoms with van der Waals surface area (Å²) < 4.78 is 5.02. The van der Waals surface area contributed by atoms with Gasteiger partial charge in [0, 0.05) is 6.04 Å². The van der Waals surface area contributed by atoms with Crippen molar-refractivity contribution in [3.05, 3.63) is 0 Å². The third kappa shape index (κ3) is 4.15. The first-order valence-corrected chi connectivity index (χ1v) is 10.4. The molecular weight excluding hydrogens is 362 g/mol. The molecule has 2 aliphatic carbocycles. The molecule has 0 aromatic heterocycles. The molecule has 0 bridgehead atoms. The smallest absolute Gasteiger partial charge is 0.326 e. The molecule has 3 fully saturated rings. The fourth-order valence-electron chi connectivity index (χ4n) is 4.74. The highest BCUT2D eigenvalue weighted by Crippen LogP contribution is 2.38. The van der Waals surface area contributed by atoms with E-state index in [-0.39, 0.29) is 23.8 Å². The summed E-state index contributed by atoms with van der Waals surface area (Å²) >= 11 is 0. The summed E-state index contributed by atoms with van der Waals surface area (Å²) in [6, 6.07) is -0.449. The molecule has 0 aromatic rings. The van der Waals surface area contributed by atoms with Crippen molar-refractivity contribution in [2.45, 2.75) is 76.8 Å². The quantitative estimate of drug-likeness (QED) is 0.547. The monoisotopic (exact) mass is 393 g/mol. The fourth-order valence-corrected chi connectivity index (χ4v) is 4.74. The minimum atomic E-state index is -0.899. The summed E-state index contributed by atoms with van der Waals surface area (Å²) in [4.78, 5) is 50.2. The van der Waals surface area contributed by atoms with E-state index < -0.39 is 30.7 Å². The van der Waals surface area contributed by atoms with Crippen molar-refractivity contribution in [2.24, 2.45) is 11.8 Å². The number of imide groups is 1. The summed E-state index contributed by atoms with van der Waals surface area (Å²) in [6.07, 6.45) is 7.63. The lowest BCUT2D eigenvalue weighted by atomic mass is 9.73. The van der Waals surface area contributed by atoms with Crippen molar-refractivity contribution >= 4 is 23.8 Å². The molecule has 1 aliphatic heterocycles. The van der Waals surface area contributed by atoms with Crippen LogP contribution in [0.25, 0.3) is 0 Å². The number of carbonyl (C=O) groups excluding carboxylic acids is 4. The Morgan fingerprint density at radius 1 is 1.14 bits per heavy atom. The van der Waals surface area contributed by atoms with Gasteiger partial charge in [-0.25, -0.2) is 4.79 Å². The molecule has 4 atom stereocenters. The van der Waals surface area contributed by atoms with Crippen LogP contribution in [-0.4, -0.2) is 53.4 Å². The molecule has 1 saturated heterocycles. The van der Waals surface area contributed by atoms with E-state index in [2.05, 4.69) is 17.6 Å². The maximum Gasteiger partial charge on any atom is 0.326 e. The van der Waals surface area contributed by atoms with Crippen LogP contribution in [0.4, 0.5) is 4.79 Å². The van der Waals surface area contributed by atoms with Crippen molar-refractivity contribution in [2.75, 3.05) is 13.2 Å². The van der Waals surface area contributed by atoms with Crippen molar-refractivity contribution in [1.82, 2.24) is 15.5 Å². The Morgan fingerprint density at radius 3 is 2.57 bits per heavy atom. The molecule has 0 radical (unpaired) electrons. The number of urea groups is 1. The summed E-state index contributed by atoms with van der Waals surface area (Å²) in [6.45, 7) is 3.20. The van der Waals surface area contributed by atoms with Crippen LogP contribution in [0.15, 0.2) is 0 Å². The van der Waals surface area contributed by atoms with E-state index in [1.807, 2.05) is 6.92 Å². The lowest BCUT2D eigenvalue weighted by molar-refractivity contribution is -0.151. The predicted octanol–water partition coefficient (Wildman–Crippen LogP) is 1.73. The lowest BCUT2D eigenvalue weighted by Gasteiger charge is -2.36. The zero-order valence-corrected chi connectivity index (χ0v) is 16.8. The first-order chi connectivity index (χ1) is 13.3. The van der Waals surface area contributed by atoms with Crippen LogP contribution in [0, 0.1) is 11.8 Å². The average Bonchev–Trinajstić information content (AvgIpc) is 2.89. The van der Waals surface area contributed by atoms with Crippen molar-refractivity contribution in [3.63, 3.8) is 0 Å². The number of nitrogens with zero attached hydrogens (tertiary/aromatic N) is 1. The van der Waals surface area contributed by atoms with Crippen molar-refractivity contribution < 1.29 is 23.9 Å². The van der Waals surface area contributed by atoms with Crippen LogP contribution < -0.4 is 10.6 Å². The van der Waals surface area contributed by atoms with E-state index in [1.165, 1.54) is 6.42 Å². The van der Waals surface area contributed by atoms with Gasteiger partial charge in [0.05, 0.1) is 0 Å². The van der Waals surface area contributed by atoms with Gasteiger partial charge in [0.25, 0.3) is 11.8 Å². The lowest BCUT2D eigenvalue weighted by Crippen LogP contribution is -2.54. The molecule has 0 aromatic carbocycles. The summed E-state index contributed by atoms with van der Waals surface area (Å²) in [5.74, 6) is -1.02. The molecule has 0 unspecified atom stereocenters. The highest BCUT2D eigenvalue weighted by molar-refractivity contribution is 6.09. The molecule has 2 N–H and O–H groups in total. The number of hydrogen-bond acceptors (Lipinski definition) is 5. The fraction of sp³-hybridized carbons (Fsp3) is 0.800. The van der Waals surface area contributed by atoms with Gasteiger partial charge < -0.3 is 15.4 Å². The van der Waals surface area contributed by atoms with E-state index in [1.54, 1.807) is 0 Å². The normalized spacial score (nSPS) is 32.9. The first-order valence-electron chi connectivity index (χ1n) is 10.4. The standard InChI is InChI=1S/C20H31N3O5/c1-13-7-3-4-9-15(13)21-16(24)12-28-17(25)11-23-18(26)20(22-19(23)27)10-6-5-8-14(20)2/h13-15H,3-12H2,1-2H3,(H,21,24)(H,22,27)/t13-,14-,15-,20-/m0/s1. The second-order valence-corrected chi connectivity index (χ2v) is 8.54. The van der Waals surface area contributed by atoms with E-state index in [0.29, 0.717) is 12.3 Å². The molecule has 1 heterocycles. The minimum Gasteiger partial charge on any atom is -0.454 e. The summed E-state index contributed by atoms with van der Waals surface area (Å²) in [5.41, 5.74) is -0.899. The van der Waals surface area contributed by atoms with Crippen molar-refractivity contribution in [3.8, 4) is 0 Å². The predicted molar refractivity (Wildman–Crippen MR) is 101 cm³/mol. The number of hydrogen-bond donors (Lipinski definition) is 2. The molecule has 28 heavy (non-hydrogen) atoms. The average molecular weight is 393 g/mol. The van der Waals surface area contributed by atoms with Crippen LogP contribution >= 0.6 is 0 Å². The Bertz CT molecular complexity index is 652. The maximum atomic E-state index is 12.8. The largest absolute Gasteiger partial charge is 0.454 e. The van der Waals surface area contributed by atoms with Gasteiger partial charge in [-0.05, 0) is 37.5 Å². The van der Waals surface area contributed by atoms with Crippen LogP contribution in [0.3, 0.4) is 0 Å². The van der Waals surface area contributed by atoms with Crippen LogP contribution in [-0.2, 0) is 19.1 Å². The minimum absolute atomic E-state index is 0.0296. The molecule has 2 saturated carbocycles. The highest BCUT2D eigenvalue weighted by atomic mass is 16.5. The molecule has 3 rings (SSSR count). The van der Waals surface area contributed by atoms with Crippen molar-refractivity contribution in [1.29, 1.82) is 0 Å². The topological polar surface area (TPSA) is 105 Å². The SMILES string of the molecule is C[C@H]1CCCC[C@@H]1NC(=O)COC(=O)CN1C(=O)N[C@]2(CCCC[C@@H]2C)C1=O. The molecule has 3 aliphatic rings. The second kappa shape index (κ2) is 8.49. The van der Waals surface area contributed by atoms with E-state index >= 15 is 0 Å². The number of rotatable bonds is 5. The van der Waals surface area contributed by atoms with Gasteiger partial charge >= 0.3 is 12.0 Å². The van der Waals surface area contributed by atoms with E-state index in [0.717, 1.165) is 43.4 Å². The third-order valence-corrected chi connectivity index (χ3v) is 6.61. The van der Waals surface area contributed by atoms with E-state index in [9.17, 15) is 19.2 Å². The van der Waals surface area contributed by atoms with Gasteiger partial charge in [-0.15, -0.1) is 0 Å². The summed E-state index contributed by atoms with van der Waals surface area (Å²) in [7, 11) is 0. The van der Waals surface area contributed by atoms with Gasteiger partial charge in [-0.2, -0.15) is 0 Å². The van der Waals surface area contributed by atoms with Gasteiger partial charge in [0.2, 0.25) is 0 Å². The molecule has 8 heteroatoms. The number of carbonyl (C=O) groups is 4. The Labute approximate surface area is 165 Å². The van der Waals surface area contributed by atoms with Crippen LogP contribution in [0.5, 0.6) is 0 Å².